The van der Waals surface area contributed by atoms with Gasteiger partial charge in [0, 0.05) is 32.6 Å². The van der Waals surface area contributed by atoms with E-state index >= 15 is 0 Å². The number of aryl methyl sites for hydroxylation is 3. The van der Waals surface area contributed by atoms with Gasteiger partial charge in [-0.2, -0.15) is 23.4 Å². The summed E-state index contributed by atoms with van der Waals surface area (Å²) in [5, 5.41) is 15.3. The highest BCUT2D eigenvalue weighted by Gasteiger charge is 2.45. The first-order valence-corrected chi connectivity index (χ1v) is 14.6. The number of nitrogens with one attached hydrogen (secondary N) is 2. The molecule has 42 heavy (non-hydrogen) atoms. The standard InChI is InChI=1S/C30H35F3N6O3/c1-38-18-20(17-34-38)14-25(40)35-27-26-24(37-39(27)12-9-19-5-6-19)16-29(36-28(26)41)10-2-4-21-15-22(7-8-23(21)29)42-13-3-11-30(31,32)33/h7-8,15,17-19H,2-6,9-14,16H2,1H3,(H,35,40)(H,36,41)/t29-/m0/s1. The van der Waals surface area contributed by atoms with Crippen molar-refractivity contribution in [2.24, 2.45) is 13.0 Å². The zero-order chi connectivity index (χ0) is 29.5. The lowest BCUT2D eigenvalue weighted by molar-refractivity contribution is -0.136. The Hall–Kier alpha value is -3.83. The van der Waals surface area contributed by atoms with Gasteiger partial charge in [-0.1, -0.05) is 18.9 Å². The van der Waals surface area contributed by atoms with Gasteiger partial charge in [0.1, 0.15) is 17.1 Å². The number of benzene rings is 1. The Kier molecular flexibility index (Phi) is 7.48. The molecule has 2 aliphatic carbocycles. The summed E-state index contributed by atoms with van der Waals surface area (Å²) >= 11 is 0. The number of ether oxygens (including phenoxy) is 1. The number of rotatable bonds is 10. The quantitative estimate of drug-likeness (QED) is 0.332. The molecule has 0 bridgehead atoms. The van der Waals surface area contributed by atoms with E-state index in [-0.39, 0.29) is 31.3 Å². The zero-order valence-electron chi connectivity index (χ0n) is 23.6. The van der Waals surface area contributed by atoms with Gasteiger partial charge in [-0.15, -0.1) is 0 Å². The fourth-order valence-corrected chi connectivity index (χ4v) is 6.23. The van der Waals surface area contributed by atoms with E-state index in [2.05, 4.69) is 15.7 Å². The van der Waals surface area contributed by atoms with Gasteiger partial charge in [0.25, 0.3) is 5.91 Å². The van der Waals surface area contributed by atoms with Crippen molar-refractivity contribution >= 4 is 17.6 Å². The summed E-state index contributed by atoms with van der Waals surface area (Å²) in [5.74, 6) is 1.10. The molecule has 2 N–H and O–H groups in total. The van der Waals surface area contributed by atoms with Crippen molar-refractivity contribution in [2.75, 3.05) is 11.9 Å². The molecule has 0 saturated heterocycles. The van der Waals surface area contributed by atoms with Crippen LogP contribution in [0.25, 0.3) is 0 Å². The summed E-state index contributed by atoms with van der Waals surface area (Å²) in [6.45, 7) is 0.600. The number of anilines is 1. The highest BCUT2D eigenvalue weighted by molar-refractivity contribution is 6.05. The van der Waals surface area contributed by atoms with Crippen LogP contribution in [0.2, 0.25) is 0 Å². The summed E-state index contributed by atoms with van der Waals surface area (Å²) in [4.78, 5) is 26.8. The minimum Gasteiger partial charge on any atom is -0.494 e. The van der Waals surface area contributed by atoms with E-state index in [1.807, 2.05) is 12.1 Å². The van der Waals surface area contributed by atoms with Gasteiger partial charge in [-0.25, -0.2) is 4.68 Å². The number of hydrogen-bond acceptors (Lipinski definition) is 5. The number of alkyl halides is 3. The normalized spacial score (nSPS) is 19.8. The third-order valence-corrected chi connectivity index (χ3v) is 8.42. The monoisotopic (exact) mass is 584 g/mol. The summed E-state index contributed by atoms with van der Waals surface area (Å²) in [5.41, 5.74) is 3.18. The molecular weight excluding hydrogens is 549 g/mol. The van der Waals surface area contributed by atoms with E-state index < -0.39 is 18.1 Å². The maximum Gasteiger partial charge on any atom is 0.389 e. The molecule has 12 heteroatoms. The summed E-state index contributed by atoms with van der Waals surface area (Å²) < 4.78 is 46.5. The summed E-state index contributed by atoms with van der Waals surface area (Å²) in [6, 6.07) is 5.56. The number of amides is 2. The van der Waals surface area contributed by atoms with Crippen molar-refractivity contribution in [1.29, 1.82) is 0 Å². The average Bonchev–Trinajstić information content (AvgIpc) is 3.57. The molecule has 1 saturated carbocycles. The van der Waals surface area contributed by atoms with E-state index in [0.29, 0.717) is 41.7 Å². The number of halogens is 3. The number of hydrogen-bond donors (Lipinski definition) is 2. The fourth-order valence-electron chi connectivity index (χ4n) is 6.23. The third-order valence-electron chi connectivity index (χ3n) is 8.42. The number of carbonyl (C=O) groups is 2. The Labute approximate surface area is 241 Å². The minimum atomic E-state index is -4.20. The number of nitrogens with zero attached hydrogens (tertiary/aromatic N) is 4. The lowest BCUT2D eigenvalue weighted by Crippen LogP contribution is -2.52. The molecule has 1 aliphatic heterocycles. The predicted molar refractivity (Wildman–Crippen MR) is 148 cm³/mol. The van der Waals surface area contributed by atoms with Crippen LogP contribution in [0, 0.1) is 5.92 Å². The van der Waals surface area contributed by atoms with Gasteiger partial charge >= 0.3 is 6.18 Å². The minimum absolute atomic E-state index is 0.0168. The molecule has 2 amide bonds. The largest absolute Gasteiger partial charge is 0.494 e. The Morgan fingerprint density at radius 1 is 1.29 bits per heavy atom. The maximum atomic E-state index is 13.8. The van der Waals surface area contributed by atoms with Crippen LogP contribution in [-0.4, -0.2) is 44.2 Å². The van der Waals surface area contributed by atoms with Gasteiger partial charge in [0.2, 0.25) is 5.91 Å². The second kappa shape index (κ2) is 11.1. The molecule has 6 rings (SSSR count). The molecule has 2 aromatic heterocycles. The Balaban J connectivity index is 1.23. The predicted octanol–water partition coefficient (Wildman–Crippen LogP) is 4.84. The van der Waals surface area contributed by atoms with E-state index in [9.17, 15) is 22.8 Å². The number of carbonyl (C=O) groups excluding carboxylic acids is 2. The average molecular weight is 585 g/mol. The number of fused-ring (bicyclic) bond motifs is 3. The van der Waals surface area contributed by atoms with Crippen LogP contribution in [0.5, 0.6) is 5.75 Å². The first-order chi connectivity index (χ1) is 20.1. The van der Waals surface area contributed by atoms with E-state index in [0.717, 1.165) is 42.4 Å². The van der Waals surface area contributed by atoms with Crippen molar-refractivity contribution in [2.45, 2.75) is 82.5 Å². The molecular formula is C30H35F3N6O3. The van der Waals surface area contributed by atoms with Gasteiger partial charge < -0.3 is 15.4 Å². The molecule has 9 nitrogen and oxygen atoms in total. The lowest BCUT2D eigenvalue weighted by Gasteiger charge is -2.42. The smallest absolute Gasteiger partial charge is 0.389 e. The molecule has 1 fully saturated rings. The first-order valence-electron chi connectivity index (χ1n) is 14.6. The Morgan fingerprint density at radius 2 is 2.12 bits per heavy atom. The van der Waals surface area contributed by atoms with E-state index in [1.54, 1.807) is 34.9 Å². The topological polar surface area (TPSA) is 103 Å². The first kappa shape index (κ1) is 28.3. The van der Waals surface area contributed by atoms with Crippen LogP contribution >= 0.6 is 0 Å². The lowest BCUT2D eigenvalue weighted by atomic mass is 9.72. The van der Waals surface area contributed by atoms with Crippen molar-refractivity contribution in [3.63, 3.8) is 0 Å². The van der Waals surface area contributed by atoms with Crippen molar-refractivity contribution < 1.29 is 27.5 Å². The van der Waals surface area contributed by atoms with Crippen LogP contribution < -0.4 is 15.4 Å². The molecule has 1 spiro atoms. The van der Waals surface area contributed by atoms with Gasteiger partial charge in [-0.3, -0.25) is 14.3 Å². The molecule has 3 aromatic rings. The molecule has 224 valence electrons. The number of aromatic nitrogens is 4. The van der Waals surface area contributed by atoms with Gasteiger partial charge in [-0.05, 0) is 66.8 Å². The third kappa shape index (κ3) is 6.17. The molecule has 3 heterocycles. The molecule has 1 atom stereocenters. The molecule has 3 aliphatic rings. The summed E-state index contributed by atoms with van der Waals surface area (Å²) in [7, 11) is 1.79. The molecule has 1 aromatic carbocycles. The van der Waals surface area contributed by atoms with Gasteiger partial charge in [0.05, 0.1) is 30.5 Å². The summed E-state index contributed by atoms with van der Waals surface area (Å²) in [6.07, 6.45) is 4.54. The Morgan fingerprint density at radius 3 is 2.86 bits per heavy atom. The maximum absolute atomic E-state index is 13.8. The van der Waals surface area contributed by atoms with Crippen molar-refractivity contribution in [3.8, 4) is 5.75 Å². The molecule has 0 radical (unpaired) electrons. The molecule has 0 unspecified atom stereocenters. The van der Waals surface area contributed by atoms with E-state index in [1.165, 1.54) is 12.8 Å². The zero-order valence-corrected chi connectivity index (χ0v) is 23.6. The SMILES string of the molecule is Cn1cc(CC(=O)Nc2c3c(nn2CCC2CC2)C[C@]2(CCCc4cc(OCCCC(F)(F)F)ccc42)NC3=O)cn1. The Bertz CT molecular complexity index is 1490. The van der Waals surface area contributed by atoms with Crippen LogP contribution in [-0.2, 0) is 43.2 Å². The van der Waals surface area contributed by atoms with Crippen LogP contribution in [0.1, 0.15) is 77.7 Å². The second-order valence-corrected chi connectivity index (χ2v) is 11.8. The van der Waals surface area contributed by atoms with Crippen LogP contribution in [0.15, 0.2) is 30.6 Å². The van der Waals surface area contributed by atoms with Crippen molar-refractivity contribution in [1.82, 2.24) is 24.9 Å². The van der Waals surface area contributed by atoms with Crippen LogP contribution in [0.3, 0.4) is 0 Å². The second-order valence-electron chi connectivity index (χ2n) is 11.8. The van der Waals surface area contributed by atoms with Crippen molar-refractivity contribution in [3.05, 3.63) is 58.5 Å². The fraction of sp³-hybridized carbons (Fsp3) is 0.533. The van der Waals surface area contributed by atoms with E-state index in [4.69, 9.17) is 9.84 Å². The van der Waals surface area contributed by atoms with Crippen LogP contribution in [0.4, 0.5) is 19.0 Å². The highest BCUT2D eigenvalue weighted by atomic mass is 19.4. The van der Waals surface area contributed by atoms with Gasteiger partial charge in [0.15, 0.2) is 0 Å². The highest BCUT2D eigenvalue weighted by Crippen LogP contribution is 2.43.